The van der Waals surface area contributed by atoms with E-state index in [4.69, 9.17) is 0 Å². The fourth-order valence-corrected chi connectivity index (χ4v) is 2.64. The van der Waals surface area contributed by atoms with Crippen LogP contribution in [0.15, 0.2) is 22.7 Å². The molecule has 1 N–H and O–H groups in total. The van der Waals surface area contributed by atoms with Gasteiger partial charge in [0.1, 0.15) is 5.54 Å². The standard InChI is InChI=1S/C13H15BrINO3/c1-4-16(13(2,3)12(18)19)11(17)9-7-8(14)5-6-10(9)15/h5-7H,4H2,1-3H3,(H,18,19). The number of amides is 1. The van der Waals surface area contributed by atoms with Crippen molar-refractivity contribution in [1.29, 1.82) is 0 Å². The Morgan fingerprint density at radius 1 is 1.42 bits per heavy atom. The lowest BCUT2D eigenvalue weighted by Crippen LogP contribution is -2.53. The molecule has 0 spiro atoms. The SMILES string of the molecule is CCN(C(=O)c1cc(Br)ccc1I)C(C)(C)C(=O)O. The van der Waals surface area contributed by atoms with Gasteiger partial charge in [-0.25, -0.2) is 4.79 Å². The second kappa shape index (κ2) is 6.21. The number of hydrogen-bond donors (Lipinski definition) is 1. The number of carboxylic acid groups (broad SMARTS) is 1. The van der Waals surface area contributed by atoms with Crippen molar-refractivity contribution in [2.24, 2.45) is 0 Å². The Hall–Kier alpha value is -0.630. The molecule has 0 aromatic heterocycles. The third-order valence-electron chi connectivity index (χ3n) is 2.92. The van der Waals surface area contributed by atoms with E-state index in [2.05, 4.69) is 38.5 Å². The molecule has 0 unspecified atom stereocenters. The van der Waals surface area contributed by atoms with Gasteiger partial charge in [0.25, 0.3) is 5.91 Å². The van der Waals surface area contributed by atoms with Gasteiger partial charge in [0.15, 0.2) is 0 Å². The first-order valence-electron chi connectivity index (χ1n) is 5.72. The van der Waals surface area contributed by atoms with Crippen molar-refractivity contribution in [2.75, 3.05) is 6.54 Å². The van der Waals surface area contributed by atoms with E-state index in [9.17, 15) is 14.7 Å². The van der Waals surface area contributed by atoms with Crippen LogP contribution in [0.25, 0.3) is 0 Å². The summed E-state index contributed by atoms with van der Waals surface area (Å²) in [6.07, 6.45) is 0. The van der Waals surface area contributed by atoms with Gasteiger partial charge >= 0.3 is 5.97 Å². The van der Waals surface area contributed by atoms with Gasteiger partial charge < -0.3 is 10.0 Å². The lowest BCUT2D eigenvalue weighted by Gasteiger charge is -2.34. The van der Waals surface area contributed by atoms with Crippen LogP contribution in [0.3, 0.4) is 0 Å². The first-order chi connectivity index (χ1) is 8.71. The largest absolute Gasteiger partial charge is 0.480 e. The quantitative estimate of drug-likeness (QED) is 0.731. The highest BCUT2D eigenvalue weighted by Crippen LogP contribution is 2.23. The van der Waals surface area contributed by atoms with Crippen molar-refractivity contribution in [2.45, 2.75) is 26.3 Å². The van der Waals surface area contributed by atoms with E-state index in [0.29, 0.717) is 12.1 Å². The molecule has 0 saturated heterocycles. The summed E-state index contributed by atoms with van der Waals surface area (Å²) >= 11 is 5.40. The van der Waals surface area contributed by atoms with Crippen LogP contribution >= 0.6 is 38.5 Å². The summed E-state index contributed by atoms with van der Waals surface area (Å²) in [4.78, 5) is 25.2. The third kappa shape index (κ3) is 3.47. The minimum Gasteiger partial charge on any atom is -0.480 e. The number of rotatable bonds is 4. The number of nitrogens with zero attached hydrogens (tertiary/aromatic N) is 1. The average Bonchev–Trinajstić information content (AvgIpc) is 2.32. The van der Waals surface area contributed by atoms with Crippen molar-refractivity contribution in [3.05, 3.63) is 31.8 Å². The van der Waals surface area contributed by atoms with Crippen LogP contribution in [-0.4, -0.2) is 34.0 Å². The number of likely N-dealkylation sites (N-methyl/N-ethyl adjacent to an activating group) is 1. The zero-order chi connectivity index (χ0) is 14.8. The summed E-state index contributed by atoms with van der Waals surface area (Å²) in [6.45, 7) is 5.16. The molecule has 0 heterocycles. The molecule has 1 amide bonds. The van der Waals surface area contributed by atoms with Gasteiger partial charge in [-0.05, 0) is 61.6 Å². The lowest BCUT2D eigenvalue weighted by molar-refractivity contribution is -0.147. The molecule has 0 fully saturated rings. The first-order valence-corrected chi connectivity index (χ1v) is 7.59. The van der Waals surface area contributed by atoms with E-state index in [1.54, 1.807) is 13.0 Å². The zero-order valence-corrected chi connectivity index (χ0v) is 14.6. The third-order valence-corrected chi connectivity index (χ3v) is 4.35. The fourth-order valence-electron chi connectivity index (χ4n) is 1.71. The molecule has 1 aromatic rings. The highest BCUT2D eigenvalue weighted by molar-refractivity contribution is 14.1. The molecule has 0 aliphatic rings. The molecule has 0 saturated carbocycles. The van der Waals surface area contributed by atoms with Crippen molar-refractivity contribution >= 4 is 50.4 Å². The van der Waals surface area contributed by atoms with Gasteiger partial charge in [-0.15, -0.1) is 0 Å². The molecule has 0 aliphatic carbocycles. The lowest BCUT2D eigenvalue weighted by atomic mass is 10.0. The summed E-state index contributed by atoms with van der Waals surface area (Å²) in [7, 11) is 0. The number of hydrogen-bond acceptors (Lipinski definition) is 2. The van der Waals surface area contributed by atoms with Crippen LogP contribution in [0.1, 0.15) is 31.1 Å². The van der Waals surface area contributed by atoms with E-state index in [-0.39, 0.29) is 5.91 Å². The van der Waals surface area contributed by atoms with Crippen LogP contribution in [0, 0.1) is 3.57 Å². The van der Waals surface area contributed by atoms with Gasteiger partial charge in [-0.3, -0.25) is 4.79 Å². The molecule has 6 heteroatoms. The normalized spacial score (nSPS) is 11.2. The highest BCUT2D eigenvalue weighted by Gasteiger charge is 2.37. The molecule has 104 valence electrons. The monoisotopic (exact) mass is 439 g/mol. The maximum atomic E-state index is 12.5. The van der Waals surface area contributed by atoms with E-state index >= 15 is 0 Å². The molecular weight excluding hydrogens is 425 g/mol. The highest BCUT2D eigenvalue weighted by atomic mass is 127. The van der Waals surface area contributed by atoms with Crippen molar-refractivity contribution in [3.63, 3.8) is 0 Å². The molecule has 0 aliphatic heterocycles. The fraction of sp³-hybridized carbons (Fsp3) is 0.385. The van der Waals surface area contributed by atoms with Gasteiger partial charge in [0.05, 0.1) is 5.56 Å². The molecule has 0 atom stereocenters. The molecule has 19 heavy (non-hydrogen) atoms. The van der Waals surface area contributed by atoms with Crippen LogP contribution in [0.4, 0.5) is 0 Å². The summed E-state index contributed by atoms with van der Waals surface area (Å²) in [6, 6.07) is 5.38. The number of halogens is 2. The smallest absolute Gasteiger partial charge is 0.329 e. The van der Waals surface area contributed by atoms with Crippen LogP contribution in [-0.2, 0) is 4.79 Å². The second-order valence-corrected chi connectivity index (χ2v) is 6.62. The topological polar surface area (TPSA) is 57.6 Å². The van der Waals surface area contributed by atoms with Crippen molar-refractivity contribution < 1.29 is 14.7 Å². The predicted octanol–water partition coefficient (Wildman–Crippen LogP) is 3.38. The molecule has 0 radical (unpaired) electrons. The Morgan fingerprint density at radius 3 is 2.47 bits per heavy atom. The van der Waals surface area contributed by atoms with Crippen LogP contribution in [0.5, 0.6) is 0 Å². The number of carboxylic acids is 1. The number of carbonyl (C=O) groups is 2. The minimum atomic E-state index is -1.24. The van der Waals surface area contributed by atoms with Gasteiger partial charge in [0, 0.05) is 14.6 Å². The maximum absolute atomic E-state index is 12.5. The zero-order valence-electron chi connectivity index (χ0n) is 10.9. The van der Waals surface area contributed by atoms with Crippen LogP contribution < -0.4 is 0 Å². The van der Waals surface area contributed by atoms with E-state index in [1.165, 1.54) is 18.7 Å². The summed E-state index contributed by atoms with van der Waals surface area (Å²) < 4.78 is 1.59. The van der Waals surface area contributed by atoms with E-state index in [1.807, 2.05) is 12.1 Å². The Kier molecular flexibility index (Phi) is 5.37. The van der Waals surface area contributed by atoms with E-state index in [0.717, 1.165) is 8.04 Å². The molecule has 4 nitrogen and oxygen atoms in total. The summed E-state index contributed by atoms with van der Waals surface area (Å²) in [5, 5.41) is 9.26. The Balaban J connectivity index is 3.23. The number of benzene rings is 1. The summed E-state index contributed by atoms with van der Waals surface area (Å²) in [5.41, 5.74) is -0.733. The molecule has 1 rings (SSSR count). The number of aliphatic carboxylic acids is 1. The first kappa shape index (κ1) is 16.4. The van der Waals surface area contributed by atoms with Crippen LogP contribution in [0.2, 0.25) is 0 Å². The molecule has 1 aromatic carbocycles. The average molecular weight is 440 g/mol. The van der Waals surface area contributed by atoms with E-state index < -0.39 is 11.5 Å². The molecule has 0 bridgehead atoms. The Labute approximate surface area is 134 Å². The number of carbonyl (C=O) groups excluding carboxylic acids is 1. The summed E-state index contributed by atoms with van der Waals surface area (Å²) in [5.74, 6) is -1.30. The Morgan fingerprint density at radius 2 is 2.00 bits per heavy atom. The van der Waals surface area contributed by atoms with Crippen molar-refractivity contribution in [3.8, 4) is 0 Å². The Bertz CT molecular complexity index is 517. The van der Waals surface area contributed by atoms with Gasteiger partial charge in [-0.1, -0.05) is 15.9 Å². The minimum absolute atomic E-state index is 0.277. The molecular formula is C13H15BrINO3. The second-order valence-electron chi connectivity index (χ2n) is 4.54. The van der Waals surface area contributed by atoms with Crippen molar-refractivity contribution in [1.82, 2.24) is 4.90 Å². The maximum Gasteiger partial charge on any atom is 0.329 e. The predicted molar refractivity (Wildman–Crippen MR) is 85.3 cm³/mol. The van der Waals surface area contributed by atoms with Gasteiger partial charge in [0.2, 0.25) is 0 Å². The van der Waals surface area contributed by atoms with Gasteiger partial charge in [-0.2, -0.15) is 0 Å².